The van der Waals surface area contributed by atoms with E-state index in [-0.39, 0.29) is 24.2 Å². The zero-order chi connectivity index (χ0) is 20.7. The Hall–Kier alpha value is -2.44. The SMILES string of the molecule is CCCCN(CCCC)C(=O)Cn1c(C(=O)C(C)C)nc2cnc(OC)cc21. The fraction of sp³-hybridized carbons (Fsp3) is 0.619. The van der Waals surface area contributed by atoms with E-state index >= 15 is 0 Å². The van der Waals surface area contributed by atoms with Gasteiger partial charge in [0.2, 0.25) is 17.6 Å². The molecule has 0 N–H and O–H groups in total. The Morgan fingerprint density at radius 3 is 2.36 bits per heavy atom. The van der Waals surface area contributed by atoms with E-state index in [1.807, 2.05) is 18.7 Å². The van der Waals surface area contributed by atoms with Crippen LogP contribution in [0.1, 0.15) is 64.0 Å². The Kier molecular flexibility index (Phi) is 7.96. The van der Waals surface area contributed by atoms with Crippen LogP contribution in [-0.4, -0.2) is 51.3 Å². The van der Waals surface area contributed by atoms with Crippen LogP contribution in [0, 0.1) is 5.92 Å². The summed E-state index contributed by atoms with van der Waals surface area (Å²) in [5.41, 5.74) is 1.28. The molecule has 2 aromatic rings. The minimum absolute atomic E-state index is 0.00906. The number of rotatable bonds is 11. The first kappa shape index (κ1) is 21.9. The molecule has 1 amide bonds. The van der Waals surface area contributed by atoms with Gasteiger partial charge in [-0.25, -0.2) is 9.97 Å². The molecule has 0 atom stereocenters. The number of fused-ring (bicyclic) bond motifs is 1. The average Bonchev–Trinajstić information content (AvgIpc) is 3.04. The van der Waals surface area contributed by atoms with Crippen LogP contribution in [0.25, 0.3) is 11.0 Å². The summed E-state index contributed by atoms with van der Waals surface area (Å²) in [7, 11) is 1.54. The summed E-state index contributed by atoms with van der Waals surface area (Å²) in [5.74, 6) is 0.445. The van der Waals surface area contributed by atoms with Crippen LogP contribution < -0.4 is 4.74 Å². The summed E-state index contributed by atoms with van der Waals surface area (Å²) in [6, 6.07) is 1.73. The van der Waals surface area contributed by atoms with Gasteiger partial charge in [0.1, 0.15) is 12.1 Å². The molecule has 0 fully saturated rings. The molecule has 0 aromatic carbocycles. The zero-order valence-electron chi connectivity index (χ0n) is 17.7. The smallest absolute Gasteiger partial charge is 0.242 e. The quantitative estimate of drug-likeness (QED) is 0.549. The highest BCUT2D eigenvalue weighted by atomic mass is 16.5. The van der Waals surface area contributed by atoms with Crippen molar-refractivity contribution in [3.8, 4) is 5.88 Å². The van der Waals surface area contributed by atoms with Gasteiger partial charge in [0.25, 0.3) is 0 Å². The van der Waals surface area contributed by atoms with Crippen molar-refractivity contribution < 1.29 is 14.3 Å². The highest BCUT2D eigenvalue weighted by molar-refractivity contribution is 5.98. The van der Waals surface area contributed by atoms with E-state index < -0.39 is 0 Å². The van der Waals surface area contributed by atoms with E-state index in [9.17, 15) is 9.59 Å². The first-order chi connectivity index (χ1) is 13.4. The monoisotopic (exact) mass is 388 g/mol. The second-order valence-corrected chi connectivity index (χ2v) is 7.34. The van der Waals surface area contributed by atoms with Crippen LogP contribution in [0.2, 0.25) is 0 Å². The van der Waals surface area contributed by atoms with Gasteiger partial charge in [-0.05, 0) is 12.8 Å². The van der Waals surface area contributed by atoms with Gasteiger partial charge < -0.3 is 14.2 Å². The molecule has 0 unspecified atom stereocenters. The molecule has 28 heavy (non-hydrogen) atoms. The number of ketones is 1. The number of aromatic nitrogens is 3. The van der Waals surface area contributed by atoms with Gasteiger partial charge in [-0.2, -0.15) is 0 Å². The molecule has 0 aliphatic carbocycles. The lowest BCUT2D eigenvalue weighted by atomic mass is 10.1. The van der Waals surface area contributed by atoms with Gasteiger partial charge in [-0.15, -0.1) is 0 Å². The Bertz CT molecular complexity index is 805. The van der Waals surface area contributed by atoms with Gasteiger partial charge in [0, 0.05) is 25.1 Å². The maximum absolute atomic E-state index is 13.1. The average molecular weight is 389 g/mol. The molecule has 7 heteroatoms. The van der Waals surface area contributed by atoms with Crippen LogP contribution >= 0.6 is 0 Å². The van der Waals surface area contributed by atoms with Crippen molar-refractivity contribution in [1.29, 1.82) is 0 Å². The number of imidazole rings is 1. The second-order valence-electron chi connectivity index (χ2n) is 7.34. The number of pyridine rings is 1. The van der Waals surface area contributed by atoms with E-state index in [4.69, 9.17) is 4.74 Å². The number of ether oxygens (including phenoxy) is 1. The maximum Gasteiger partial charge on any atom is 0.242 e. The molecule has 154 valence electrons. The number of hydrogen-bond donors (Lipinski definition) is 0. The highest BCUT2D eigenvalue weighted by Crippen LogP contribution is 2.22. The number of amides is 1. The molecule has 0 radical (unpaired) electrons. The van der Waals surface area contributed by atoms with Crippen molar-refractivity contribution >= 4 is 22.7 Å². The van der Waals surface area contributed by atoms with Crippen molar-refractivity contribution in [1.82, 2.24) is 19.4 Å². The fourth-order valence-corrected chi connectivity index (χ4v) is 3.02. The minimum atomic E-state index is -0.211. The Labute approximate surface area is 167 Å². The normalized spacial score (nSPS) is 11.2. The molecular weight excluding hydrogens is 356 g/mol. The van der Waals surface area contributed by atoms with Crippen LogP contribution in [0.15, 0.2) is 12.3 Å². The number of nitrogens with zero attached hydrogens (tertiary/aromatic N) is 4. The summed E-state index contributed by atoms with van der Waals surface area (Å²) in [4.78, 5) is 36.4. The Balaban J connectivity index is 2.42. The third kappa shape index (κ3) is 5.09. The first-order valence-corrected chi connectivity index (χ1v) is 10.1. The number of methoxy groups -OCH3 is 1. The number of carbonyl (C=O) groups excluding carboxylic acids is 2. The molecule has 2 aromatic heterocycles. The summed E-state index contributed by atoms with van der Waals surface area (Å²) in [5, 5.41) is 0. The lowest BCUT2D eigenvalue weighted by Crippen LogP contribution is -2.36. The predicted octanol–water partition coefficient (Wildman–Crippen LogP) is 3.71. The molecule has 0 saturated heterocycles. The minimum Gasteiger partial charge on any atom is -0.481 e. The third-order valence-electron chi connectivity index (χ3n) is 4.77. The Morgan fingerprint density at radius 2 is 1.82 bits per heavy atom. The number of unbranched alkanes of at least 4 members (excludes halogenated alkanes) is 2. The lowest BCUT2D eigenvalue weighted by Gasteiger charge is -2.23. The summed E-state index contributed by atoms with van der Waals surface area (Å²) >= 11 is 0. The maximum atomic E-state index is 13.1. The highest BCUT2D eigenvalue weighted by Gasteiger charge is 2.24. The fourth-order valence-electron chi connectivity index (χ4n) is 3.02. The topological polar surface area (TPSA) is 77.3 Å². The van der Waals surface area contributed by atoms with E-state index in [1.165, 1.54) is 7.11 Å². The van der Waals surface area contributed by atoms with E-state index in [1.54, 1.807) is 16.8 Å². The number of carbonyl (C=O) groups is 2. The van der Waals surface area contributed by atoms with Crippen molar-refractivity contribution in [2.45, 2.75) is 59.9 Å². The molecule has 0 bridgehead atoms. The molecule has 0 spiro atoms. The number of Topliss-reactive ketones (excluding diaryl/α,β-unsaturated/α-hetero) is 1. The summed E-state index contributed by atoms with van der Waals surface area (Å²) in [6.07, 6.45) is 5.58. The largest absolute Gasteiger partial charge is 0.481 e. The van der Waals surface area contributed by atoms with Crippen molar-refractivity contribution in [2.75, 3.05) is 20.2 Å². The number of hydrogen-bond acceptors (Lipinski definition) is 5. The molecular formula is C21H32N4O3. The second kappa shape index (κ2) is 10.2. The predicted molar refractivity (Wildman–Crippen MR) is 110 cm³/mol. The van der Waals surface area contributed by atoms with Crippen LogP contribution in [0.5, 0.6) is 5.88 Å². The van der Waals surface area contributed by atoms with Gasteiger partial charge in [0.05, 0.1) is 18.8 Å². The van der Waals surface area contributed by atoms with Crippen LogP contribution in [-0.2, 0) is 11.3 Å². The van der Waals surface area contributed by atoms with Gasteiger partial charge in [-0.1, -0.05) is 40.5 Å². The third-order valence-corrected chi connectivity index (χ3v) is 4.77. The molecule has 2 heterocycles. The molecule has 0 aliphatic heterocycles. The van der Waals surface area contributed by atoms with E-state index in [0.717, 1.165) is 38.8 Å². The summed E-state index contributed by atoms with van der Waals surface area (Å²) in [6.45, 7) is 9.46. The molecule has 0 aliphatic rings. The van der Waals surface area contributed by atoms with E-state index in [2.05, 4.69) is 23.8 Å². The van der Waals surface area contributed by atoms with Crippen LogP contribution in [0.4, 0.5) is 0 Å². The molecule has 7 nitrogen and oxygen atoms in total. The van der Waals surface area contributed by atoms with Crippen molar-refractivity contribution in [3.05, 3.63) is 18.1 Å². The molecule has 2 rings (SSSR count). The first-order valence-electron chi connectivity index (χ1n) is 10.1. The zero-order valence-corrected chi connectivity index (χ0v) is 17.7. The molecule has 0 saturated carbocycles. The van der Waals surface area contributed by atoms with E-state index in [0.29, 0.717) is 22.7 Å². The van der Waals surface area contributed by atoms with Gasteiger partial charge >= 0.3 is 0 Å². The summed E-state index contributed by atoms with van der Waals surface area (Å²) < 4.78 is 6.94. The van der Waals surface area contributed by atoms with Gasteiger partial charge in [0.15, 0.2) is 5.82 Å². The Morgan fingerprint density at radius 1 is 1.18 bits per heavy atom. The van der Waals surface area contributed by atoms with Crippen LogP contribution in [0.3, 0.4) is 0 Å². The standard InChI is InChI=1S/C21H32N4O3/c1-6-8-10-24(11-9-7-2)19(26)14-25-17-12-18(28-5)22-13-16(17)23-21(25)20(27)15(3)4/h12-13,15H,6-11,14H2,1-5H3. The lowest BCUT2D eigenvalue weighted by molar-refractivity contribution is -0.132. The van der Waals surface area contributed by atoms with Crippen molar-refractivity contribution in [2.24, 2.45) is 5.92 Å². The van der Waals surface area contributed by atoms with Crippen molar-refractivity contribution in [3.63, 3.8) is 0 Å². The van der Waals surface area contributed by atoms with Gasteiger partial charge in [-0.3, -0.25) is 9.59 Å².